The Kier molecular flexibility index (Phi) is 7.30. The first-order chi connectivity index (χ1) is 28.3. The van der Waals surface area contributed by atoms with Crippen LogP contribution in [0.2, 0.25) is 0 Å². The van der Waals surface area contributed by atoms with Crippen LogP contribution >= 0.6 is 22.7 Å². The van der Waals surface area contributed by atoms with E-state index < -0.39 is 0 Å². The highest BCUT2D eigenvalue weighted by molar-refractivity contribution is 7.26. The molecule has 12 rings (SSSR count). The molecule has 0 radical (unpaired) electrons. The van der Waals surface area contributed by atoms with Gasteiger partial charge in [0.05, 0.1) is 11.0 Å². The van der Waals surface area contributed by atoms with Crippen molar-refractivity contribution in [2.75, 3.05) is 0 Å². The third kappa shape index (κ3) is 5.11. The van der Waals surface area contributed by atoms with Gasteiger partial charge in [0.2, 0.25) is 0 Å². The lowest BCUT2D eigenvalue weighted by Gasteiger charge is -2.24. The zero-order valence-corrected chi connectivity index (χ0v) is 32.2. The summed E-state index contributed by atoms with van der Waals surface area (Å²) in [4.78, 5) is 10.6. The van der Waals surface area contributed by atoms with Crippen molar-refractivity contribution in [1.29, 1.82) is 0 Å². The maximum absolute atomic E-state index is 5.31. The van der Waals surface area contributed by atoms with E-state index in [1.807, 2.05) is 34.8 Å². The quantitative estimate of drug-likeness (QED) is 0.186. The highest BCUT2D eigenvalue weighted by Crippen LogP contribution is 2.47. The molecule has 268 valence electrons. The van der Waals surface area contributed by atoms with Gasteiger partial charge < -0.3 is 9.88 Å². The van der Waals surface area contributed by atoms with Crippen LogP contribution in [0, 0.1) is 0 Å². The Bertz CT molecular complexity index is 3390. The lowest BCUT2D eigenvalue weighted by Crippen LogP contribution is -2.33. The molecular weight excluding hydrogens is 733 g/mol. The van der Waals surface area contributed by atoms with Gasteiger partial charge in [-0.15, -0.1) is 22.7 Å². The van der Waals surface area contributed by atoms with Crippen LogP contribution in [-0.2, 0) is 0 Å². The van der Waals surface area contributed by atoms with Gasteiger partial charge in [-0.05, 0) is 59.2 Å². The van der Waals surface area contributed by atoms with Crippen LogP contribution < -0.4 is 5.32 Å². The molecule has 0 fully saturated rings. The highest BCUT2D eigenvalue weighted by Gasteiger charge is 2.24. The van der Waals surface area contributed by atoms with Gasteiger partial charge in [-0.25, -0.2) is 9.98 Å². The summed E-state index contributed by atoms with van der Waals surface area (Å²) in [5, 5.41) is 11.2. The van der Waals surface area contributed by atoms with Gasteiger partial charge in [0.1, 0.15) is 12.0 Å². The predicted molar refractivity (Wildman–Crippen MR) is 244 cm³/mol. The van der Waals surface area contributed by atoms with E-state index in [-0.39, 0.29) is 6.17 Å². The van der Waals surface area contributed by atoms with E-state index in [2.05, 4.69) is 180 Å². The van der Waals surface area contributed by atoms with Crippen molar-refractivity contribution in [3.63, 3.8) is 0 Å². The van der Waals surface area contributed by atoms with Crippen LogP contribution in [-0.4, -0.2) is 16.2 Å². The SMILES string of the molecule is c1ccc(C2=NC(c3cccc4sc5cccc(-c6cccc7sc8cc(-n9c%10ccccc%10c%10ccccc%109)ccc8c67)c5c34)=NC(c3ccccc3)N2)cc1. The van der Waals surface area contributed by atoms with Crippen molar-refractivity contribution in [2.24, 2.45) is 9.98 Å². The van der Waals surface area contributed by atoms with E-state index in [1.165, 1.54) is 79.0 Å². The topological polar surface area (TPSA) is 41.7 Å². The van der Waals surface area contributed by atoms with Gasteiger partial charge in [0.15, 0.2) is 5.84 Å². The minimum absolute atomic E-state index is 0.271. The fourth-order valence-electron chi connectivity index (χ4n) is 8.77. The molecule has 11 aromatic rings. The number of hydrogen-bond donors (Lipinski definition) is 1. The standard InChI is InChI=1S/C51H32N4S2/c1-3-14-31(15-4-1)49-52-50(32-16-5-2-6-17-32)54-51(53-49)39-22-13-27-44-48(39)47-37(21-12-26-43(47)56-44)36-20-11-25-42-46(36)38-29-28-33(30-45(38)57-42)55-40-23-9-7-18-34(40)35-19-8-10-24-41(35)55/h1-30,49H,(H,52,53,54). The number of nitrogens with one attached hydrogen (secondary N) is 1. The zero-order valence-electron chi connectivity index (χ0n) is 30.6. The van der Waals surface area contributed by atoms with Crippen LogP contribution in [0.15, 0.2) is 192 Å². The predicted octanol–water partition coefficient (Wildman–Crippen LogP) is 13.7. The van der Waals surface area contributed by atoms with Crippen molar-refractivity contribution < 1.29 is 0 Å². The second kappa shape index (κ2) is 12.8. The lowest BCUT2D eigenvalue weighted by molar-refractivity contribution is 0.674. The Labute approximate surface area is 336 Å². The van der Waals surface area contributed by atoms with E-state index in [0.29, 0.717) is 0 Å². The number of hydrogen-bond acceptors (Lipinski definition) is 5. The van der Waals surface area contributed by atoms with Crippen LogP contribution in [0.5, 0.6) is 0 Å². The first-order valence-corrected chi connectivity index (χ1v) is 20.8. The lowest BCUT2D eigenvalue weighted by atomic mass is 9.94. The van der Waals surface area contributed by atoms with Crippen LogP contribution in [0.4, 0.5) is 0 Å². The number of nitrogens with zero attached hydrogens (tertiary/aromatic N) is 3. The fourth-order valence-corrected chi connectivity index (χ4v) is 11.1. The molecule has 57 heavy (non-hydrogen) atoms. The molecule has 1 aliphatic heterocycles. The number of para-hydroxylation sites is 2. The summed E-state index contributed by atoms with van der Waals surface area (Å²) in [6.45, 7) is 0. The maximum Gasteiger partial charge on any atom is 0.160 e. The first kappa shape index (κ1) is 32.4. The molecule has 1 N–H and O–H groups in total. The first-order valence-electron chi connectivity index (χ1n) is 19.2. The second-order valence-electron chi connectivity index (χ2n) is 14.5. The molecule has 4 nitrogen and oxygen atoms in total. The van der Waals surface area contributed by atoms with E-state index in [4.69, 9.17) is 9.98 Å². The number of thiophene rings is 2. The molecule has 0 amide bonds. The third-order valence-electron chi connectivity index (χ3n) is 11.3. The van der Waals surface area contributed by atoms with Crippen molar-refractivity contribution in [1.82, 2.24) is 9.88 Å². The summed E-state index contributed by atoms with van der Waals surface area (Å²) in [6, 6.07) is 65.4. The second-order valence-corrected chi connectivity index (χ2v) is 16.7. The van der Waals surface area contributed by atoms with Gasteiger partial charge in [-0.2, -0.15) is 0 Å². The molecule has 1 atom stereocenters. The molecular formula is C51H32N4S2. The smallest absolute Gasteiger partial charge is 0.160 e. The van der Waals surface area contributed by atoms with Crippen molar-refractivity contribution in [2.45, 2.75) is 6.17 Å². The molecule has 8 aromatic carbocycles. The highest BCUT2D eigenvalue weighted by atomic mass is 32.1. The van der Waals surface area contributed by atoms with Crippen molar-refractivity contribution in [3.8, 4) is 16.8 Å². The van der Waals surface area contributed by atoms with Crippen molar-refractivity contribution >= 4 is 96.5 Å². The van der Waals surface area contributed by atoms with E-state index >= 15 is 0 Å². The molecule has 6 heteroatoms. The molecule has 0 spiro atoms. The summed E-state index contributed by atoms with van der Waals surface area (Å²) in [6.07, 6.45) is -0.271. The normalized spacial score (nSPS) is 14.5. The average molecular weight is 765 g/mol. The summed E-state index contributed by atoms with van der Waals surface area (Å²) in [5.74, 6) is 1.55. The monoisotopic (exact) mass is 764 g/mol. The Balaban J connectivity index is 1.06. The van der Waals surface area contributed by atoms with Gasteiger partial charge in [-0.1, -0.05) is 140 Å². The van der Waals surface area contributed by atoms with Gasteiger partial charge in [0, 0.05) is 67.9 Å². The van der Waals surface area contributed by atoms with Crippen LogP contribution in [0.3, 0.4) is 0 Å². The Morgan fingerprint density at radius 3 is 1.72 bits per heavy atom. The number of aromatic nitrogens is 1. The molecule has 1 unspecified atom stereocenters. The Hall–Kier alpha value is -6.86. The number of benzene rings is 8. The molecule has 4 heterocycles. The fraction of sp³-hybridized carbons (Fsp3) is 0.0196. The number of amidine groups is 2. The number of fused-ring (bicyclic) bond motifs is 9. The third-order valence-corrected chi connectivity index (χ3v) is 13.5. The molecule has 0 bridgehead atoms. The summed E-state index contributed by atoms with van der Waals surface area (Å²) in [5.41, 5.74) is 9.26. The van der Waals surface area contributed by atoms with Crippen LogP contribution in [0.25, 0.3) is 79.0 Å². The minimum atomic E-state index is -0.271. The van der Waals surface area contributed by atoms with E-state index in [0.717, 1.165) is 28.4 Å². The number of rotatable bonds is 5. The minimum Gasteiger partial charge on any atom is -0.344 e. The maximum atomic E-state index is 5.31. The Morgan fingerprint density at radius 2 is 1.02 bits per heavy atom. The zero-order chi connectivity index (χ0) is 37.5. The number of aliphatic imine (C=N–C) groups is 2. The molecule has 3 aromatic heterocycles. The summed E-state index contributed by atoms with van der Waals surface area (Å²) < 4.78 is 7.44. The van der Waals surface area contributed by atoms with Crippen molar-refractivity contribution in [3.05, 3.63) is 199 Å². The van der Waals surface area contributed by atoms with Gasteiger partial charge in [0.25, 0.3) is 0 Å². The van der Waals surface area contributed by atoms with E-state index in [1.54, 1.807) is 0 Å². The summed E-state index contributed by atoms with van der Waals surface area (Å²) in [7, 11) is 0. The molecule has 0 saturated carbocycles. The summed E-state index contributed by atoms with van der Waals surface area (Å²) >= 11 is 3.71. The van der Waals surface area contributed by atoms with Crippen LogP contribution in [0.1, 0.15) is 22.9 Å². The molecule has 1 aliphatic rings. The van der Waals surface area contributed by atoms with E-state index in [9.17, 15) is 0 Å². The largest absolute Gasteiger partial charge is 0.344 e. The van der Waals surface area contributed by atoms with Gasteiger partial charge >= 0.3 is 0 Å². The molecule has 0 saturated heterocycles. The average Bonchev–Trinajstić information content (AvgIpc) is 3.96. The molecule has 0 aliphatic carbocycles. The Morgan fingerprint density at radius 1 is 0.456 bits per heavy atom. The van der Waals surface area contributed by atoms with Gasteiger partial charge in [-0.3, -0.25) is 0 Å².